The van der Waals surface area contributed by atoms with Crippen LogP contribution in [0.25, 0.3) is 11.0 Å². The van der Waals surface area contributed by atoms with Crippen molar-refractivity contribution >= 4 is 22.4 Å². The zero-order chi connectivity index (χ0) is 11.8. The molecule has 5 heteroatoms. The lowest BCUT2D eigenvalue weighted by Gasteiger charge is -2.08. The molecule has 0 aliphatic heterocycles. The second-order valence-electron chi connectivity index (χ2n) is 3.80. The Kier molecular flexibility index (Phi) is 2.35. The molecule has 3 rings (SSSR count). The van der Waals surface area contributed by atoms with Crippen LogP contribution in [0.5, 0.6) is 0 Å². The van der Waals surface area contributed by atoms with E-state index in [1.165, 1.54) is 11.3 Å². The van der Waals surface area contributed by atoms with Crippen molar-refractivity contribution in [2.75, 3.05) is 0 Å². The number of aromatic amines is 2. The number of hydrogen-bond acceptors (Lipinski definition) is 3. The maximum Gasteiger partial charge on any atom is 0.323 e. The zero-order valence-corrected chi connectivity index (χ0v) is 9.62. The maximum atomic E-state index is 11.1. The van der Waals surface area contributed by atoms with Crippen molar-refractivity contribution in [2.24, 2.45) is 0 Å². The van der Waals surface area contributed by atoms with E-state index in [2.05, 4.69) is 9.97 Å². The number of benzene rings is 1. The topological polar surface area (TPSA) is 68.9 Å². The highest BCUT2D eigenvalue weighted by Crippen LogP contribution is 2.26. The van der Waals surface area contributed by atoms with E-state index >= 15 is 0 Å². The predicted octanol–water partition coefficient (Wildman–Crippen LogP) is 2.00. The molecule has 3 N–H and O–H groups in total. The minimum absolute atomic E-state index is 0.234. The van der Waals surface area contributed by atoms with Gasteiger partial charge in [-0.1, -0.05) is 12.1 Å². The first-order valence-corrected chi connectivity index (χ1v) is 6.05. The Morgan fingerprint density at radius 2 is 2.00 bits per heavy atom. The van der Waals surface area contributed by atoms with Crippen LogP contribution in [-0.4, -0.2) is 15.1 Å². The standard InChI is InChI=1S/C12H10N2O2S/c15-11(10-2-1-5-17-10)7-3-4-8-9(6-7)14-12(16)13-8/h1-6,11,15H,(H2,13,14,16). The van der Waals surface area contributed by atoms with Crippen LogP contribution in [0.15, 0.2) is 40.5 Å². The van der Waals surface area contributed by atoms with Gasteiger partial charge in [-0.05, 0) is 29.1 Å². The molecule has 0 aliphatic rings. The molecule has 0 radical (unpaired) electrons. The van der Waals surface area contributed by atoms with Crippen molar-refractivity contribution in [1.29, 1.82) is 0 Å². The summed E-state index contributed by atoms with van der Waals surface area (Å²) in [7, 11) is 0. The van der Waals surface area contributed by atoms with Crippen LogP contribution in [0, 0.1) is 0 Å². The molecule has 0 spiro atoms. The Labute approximate surface area is 101 Å². The van der Waals surface area contributed by atoms with E-state index in [4.69, 9.17) is 0 Å². The normalized spacial score (nSPS) is 13.0. The van der Waals surface area contributed by atoms with Gasteiger partial charge in [0.1, 0.15) is 6.10 Å². The summed E-state index contributed by atoms with van der Waals surface area (Å²) in [5.74, 6) is 0. The van der Waals surface area contributed by atoms with Crippen molar-refractivity contribution < 1.29 is 5.11 Å². The molecule has 1 unspecified atom stereocenters. The van der Waals surface area contributed by atoms with E-state index in [0.717, 1.165) is 16.0 Å². The molecule has 4 nitrogen and oxygen atoms in total. The Balaban J connectivity index is 2.08. The molecule has 1 aromatic carbocycles. The van der Waals surface area contributed by atoms with Gasteiger partial charge in [0.25, 0.3) is 0 Å². The molecule has 0 fully saturated rings. The maximum absolute atomic E-state index is 11.1. The van der Waals surface area contributed by atoms with Gasteiger partial charge in [-0.15, -0.1) is 11.3 Å². The third-order valence-corrected chi connectivity index (χ3v) is 3.59. The number of aliphatic hydroxyl groups excluding tert-OH is 1. The average molecular weight is 246 g/mol. The molecule has 0 aliphatic carbocycles. The quantitative estimate of drug-likeness (QED) is 0.647. The molecule has 2 aromatic heterocycles. The molecule has 1 atom stereocenters. The van der Waals surface area contributed by atoms with Crippen molar-refractivity contribution in [3.63, 3.8) is 0 Å². The smallest absolute Gasteiger partial charge is 0.323 e. The number of aromatic nitrogens is 2. The molecular formula is C12H10N2O2S. The first-order valence-electron chi connectivity index (χ1n) is 5.17. The fraction of sp³-hybridized carbons (Fsp3) is 0.0833. The molecule has 17 heavy (non-hydrogen) atoms. The van der Waals surface area contributed by atoms with Crippen molar-refractivity contribution in [2.45, 2.75) is 6.10 Å². The van der Waals surface area contributed by atoms with Gasteiger partial charge in [0, 0.05) is 4.88 Å². The Hall–Kier alpha value is -1.85. The Morgan fingerprint density at radius 3 is 2.76 bits per heavy atom. The summed E-state index contributed by atoms with van der Waals surface area (Å²) < 4.78 is 0. The Morgan fingerprint density at radius 1 is 1.18 bits per heavy atom. The highest BCUT2D eigenvalue weighted by atomic mass is 32.1. The van der Waals surface area contributed by atoms with E-state index in [1.54, 1.807) is 12.1 Å². The van der Waals surface area contributed by atoms with Gasteiger partial charge in [-0.25, -0.2) is 4.79 Å². The van der Waals surface area contributed by atoms with E-state index in [9.17, 15) is 9.90 Å². The number of thiophene rings is 1. The van der Waals surface area contributed by atoms with Crippen LogP contribution in [0.3, 0.4) is 0 Å². The lowest BCUT2D eigenvalue weighted by Crippen LogP contribution is -1.99. The monoisotopic (exact) mass is 246 g/mol. The largest absolute Gasteiger partial charge is 0.383 e. The van der Waals surface area contributed by atoms with Crippen LogP contribution in [-0.2, 0) is 0 Å². The molecule has 0 saturated carbocycles. The van der Waals surface area contributed by atoms with Gasteiger partial charge in [0.2, 0.25) is 0 Å². The fourth-order valence-corrected chi connectivity index (χ4v) is 2.57. The SMILES string of the molecule is O=c1[nH]c2ccc(C(O)c3cccs3)cc2[nH]1. The van der Waals surface area contributed by atoms with E-state index in [1.807, 2.05) is 23.6 Å². The number of nitrogens with one attached hydrogen (secondary N) is 2. The molecule has 0 bridgehead atoms. The number of imidazole rings is 1. The summed E-state index contributed by atoms with van der Waals surface area (Å²) in [6.45, 7) is 0. The zero-order valence-electron chi connectivity index (χ0n) is 8.81. The summed E-state index contributed by atoms with van der Waals surface area (Å²) >= 11 is 1.51. The van der Waals surface area contributed by atoms with Gasteiger partial charge in [0.15, 0.2) is 0 Å². The molecular weight excluding hydrogens is 236 g/mol. The van der Waals surface area contributed by atoms with E-state index < -0.39 is 6.10 Å². The number of fused-ring (bicyclic) bond motifs is 1. The summed E-state index contributed by atoms with van der Waals surface area (Å²) in [5, 5.41) is 12.1. The molecule has 86 valence electrons. The first kappa shape index (κ1) is 10.3. The van der Waals surface area contributed by atoms with Crippen LogP contribution in [0.1, 0.15) is 16.5 Å². The lowest BCUT2D eigenvalue weighted by molar-refractivity contribution is 0.224. The van der Waals surface area contributed by atoms with E-state index in [-0.39, 0.29) is 5.69 Å². The van der Waals surface area contributed by atoms with Crippen molar-refractivity contribution in [3.8, 4) is 0 Å². The van der Waals surface area contributed by atoms with Gasteiger partial charge >= 0.3 is 5.69 Å². The summed E-state index contributed by atoms with van der Waals surface area (Å²) in [6, 6.07) is 9.19. The van der Waals surface area contributed by atoms with Gasteiger partial charge < -0.3 is 15.1 Å². The van der Waals surface area contributed by atoms with Gasteiger partial charge in [-0.3, -0.25) is 0 Å². The fourth-order valence-electron chi connectivity index (χ4n) is 1.83. The highest BCUT2D eigenvalue weighted by Gasteiger charge is 2.12. The number of rotatable bonds is 2. The van der Waals surface area contributed by atoms with Gasteiger partial charge in [-0.2, -0.15) is 0 Å². The minimum Gasteiger partial charge on any atom is -0.383 e. The molecule has 0 saturated heterocycles. The summed E-state index contributed by atoms with van der Waals surface area (Å²) in [6.07, 6.45) is -0.641. The van der Waals surface area contributed by atoms with Crippen LogP contribution in [0.4, 0.5) is 0 Å². The minimum atomic E-state index is -0.641. The van der Waals surface area contributed by atoms with E-state index in [0.29, 0.717) is 5.52 Å². The number of H-pyrrole nitrogens is 2. The lowest BCUT2D eigenvalue weighted by atomic mass is 10.1. The van der Waals surface area contributed by atoms with Gasteiger partial charge in [0.05, 0.1) is 11.0 Å². The third kappa shape index (κ3) is 1.79. The Bertz CT molecular complexity index is 697. The molecule has 2 heterocycles. The first-order chi connectivity index (χ1) is 8.24. The molecule has 3 aromatic rings. The third-order valence-electron chi connectivity index (χ3n) is 2.67. The van der Waals surface area contributed by atoms with Crippen molar-refractivity contribution in [1.82, 2.24) is 9.97 Å². The number of hydrogen-bond donors (Lipinski definition) is 3. The second-order valence-corrected chi connectivity index (χ2v) is 4.78. The van der Waals surface area contributed by atoms with Crippen LogP contribution >= 0.6 is 11.3 Å². The van der Waals surface area contributed by atoms with Crippen LogP contribution in [0.2, 0.25) is 0 Å². The highest BCUT2D eigenvalue weighted by molar-refractivity contribution is 7.10. The van der Waals surface area contributed by atoms with Crippen LogP contribution < -0.4 is 5.69 Å². The average Bonchev–Trinajstić information content (AvgIpc) is 2.94. The predicted molar refractivity (Wildman–Crippen MR) is 67.3 cm³/mol. The second kappa shape index (κ2) is 3.87. The summed E-state index contributed by atoms with van der Waals surface area (Å²) in [4.78, 5) is 17.4. The van der Waals surface area contributed by atoms with Crippen molar-refractivity contribution in [3.05, 3.63) is 56.6 Å². The molecule has 0 amide bonds. The number of aliphatic hydroxyl groups is 1. The summed E-state index contributed by atoms with van der Waals surface area (Å²) in [5.41, 5.74) is 2.00.